The number of nitrogens with zero attached hydrogens (tertiary/aromatic N) is 4. The number of halogens is 1. The molecule has 0 unspecified atom stereocenters. The molecular weight excluding hydrogens is 389 g/mol. The summed E-state index contributed by atoms with van der Waals surface area (Å²) < 4.78 is 14.3. The molecule has 1 aliphatic heterocycles. The first-order valence-corrected chi connectivity index (χ1v) is 9.31. The molecule has 3 aromatic rings. The molecule has 0 atom stereocenters. The van der Waals surface area contributed by atoms with Crippen molar-refractivity contribution in [3.8, 4) is 0 Å². The highest BCUT2D eigenvalue weighted by molar-refractivity contribution is 6.45. The van der Waals surface area contributed by atoms with Gasteiger partial charge in [0.2, 0.25) is 0 Å². The lowest BCUT2D eigenvalue weighted by atomic mass is 10.1. The van der Waals surface area contributed by atoms with Gasteiger partial charge < -0.3 is 14.8 Å². The topological polar surface area (TPSA) is 98.7 Å². The van der Waals surface area contributed by atoms with Crippen molar-refractivity contribution in [1.82, 2.24) is 19.8 Å². The number of pyridine rings is 1. The predicted molar refractivity (Wildman–Crippen MR) is 109 cm³/mol. The van der Waals surface area contributed by atoms with Crippen LogP contribution in [0.25, 0.3) is 10.9 Å². The quantitative estimate of drug-likeness (QED) is 0.407. The lowest BCUT2D eigenvalue weighted by Crippen LogP contribution is -2.52. The molecule has 0 aliphatic carbocycles. The number of hydrogen-bond acceptors (Lipinski definition) is 5. The molecule has 3 heterocycles. The Hall–Kier alpha value is -3.88. The molecule has 1 saturated heterocycles. The van der Waals surface area contributed by atoms with E-state index in [4.69, 9.17) is 0 Å². The number of aromatic nitrogens is 2. The summed E-state index contributed by atoms with van der Waals surface area (Å²) in [6.07, 6.45) is 2.22. The van der Waals surface area contributed by atoms with E-state index in [1.54, 1.807) is 29.2 Å². The highest BCUT2D eigenvalue weighted by Gasteiger charge is 2.31. The fourth-order valence-electron chi connectivity index (χ4n) is 3.53. The number of H-pyrrole nitrogens is 1. The van der Waals surface area contributed by atoms with Crippen LogP contribution in [0, 0.1) is 5.82 Å². The summed E-state index contributed by atoms with van der Waals surface area (Å²) in [7, 11) is 0. The number of nitrogens with one attached hydrogen (secondary N) is 1. The average molecular weight is 407 g/mol. The third-order valence-corrected chi connectivity index (χ3v) is 5.11. The number of benzene rings is 1. The van der Waals surface area contributed by atoms with Gasteiger partial charge in [0.15, 0.2) is 11.6 Å². The van der Waals surface area contributed by atoms with E-state index >= 15 is 0 Å². The number of carbonyl (C=O) groups excluding carboxylic acids is 3. The van der Waals surface area contributed by atoms with E-state index in [-0.39, 0.29) is 41.3 Å². The molecule has 152 valence electrons. The van der Waals surface area contributed by atoms with Crippen molar-refractivity contribution in [2.75, 3.05) is 26.2 Å². The molecule has 8 nitrogen and oxygen atoms in total. The average Bonchev–Trinajstić information content (AvgIpc) is 3.25. The number of aromatic amines is 1. The minimum Gasteiger partial charge on any atom is -0.357 e. The van der Waals surface area contributed by atoms with E-state index in [2.05, 4.69) is 21.7 Å². The second-order valence-electron chi connectivity index (χ2n) is 6.82. The Morgan fingerprint density at radius 2 is 1.73 bits per heavy atom. The number of piperazine rings is 1. The number of ketones is 1. The van der Waals surface area contributed by atoms with Crippen molar-refractivity contribution in [1.29, 1.82) is 0 Å². The maximum atomic E-state index is 14.3. The van der Waals surface area contributed by atoms with Crippen molar-refractivity contribution < 1.29 is 18.8 Å². The van der Waals surface area contributed by atoms with Gasteiger partial charge >= 0.3 is 0 Å². The van der Waals surface area contributed by atoms with Crippen molar-refractivity contribution >= 4 is 41.0 Å². The van der Waals surface area contributed by atoms with Gasteiger partial charge in [-0.25, -0.2) is 14.4 Å². The Balaban J connectivity index is 1.49. The molecule has 30 heavy (non-hydrogen) atoms. The maximum absolute atomic E-state index is 14.3. The number of fused-ring (bicyclic) bond motifs is 1. The molecule has 1 aromatic carbocycles. The fraction of sp³-hybridized carbons (Fsp3) is 0.190. The highest BCUT2D eigenvalue weighted by atomic mass is 19.1. The predicted octanol–water partition coefficient (Wildman–Crippen LogP) is 2.20. The molecule has 2 aromatic heterocycles. The molecule has 1 fully saturated rings. The summed E-state index contributed by atoms with van der Waals surface area (Å²) in [5.41, 5.74) is 0.699. The number of aliphatic imine (C=N–C) groups is 1. The molecule has 0 radical (unpaired) electrons. The third-order valence-electron chi connectivity index (χ3n) is 5.11. The molecule has 1 N–H and O–H groups in total. The van der Waals surface area contributed by atoms with Gasteiger partial charge in [0.05, 0.1) is 22.7 Å². The fourth-order valence-corrected chi connectivity index (χ4v) is 3.53. The Morgan fingerprint density at radius 1 is 1.07 bits per heavy atom. The first-order chi connectivity index (χ1) is 14.5. The van der Waals surface area contributed by atoms with Crippen molar-refractivity contribution in [3.05, 3.63) is 59.7 Å². The van der Waals surface area contributed by atoms with Crippen LogP contribution in [-0.4, -0.2) is 70.3 Å². The minimum atomic E-state index is -0.829. The highest BCUT2D eigenvalue weighted by Crippen LogP contribution is 2.28. The third kappa shape index (κ3) is 3.34. The summed E-state index contributed by atoms with van der Waals surface area (Å²) in [4.78, 5) is 51.3. The van der Waals surface area contributed by atoms with Crippen molar-refractivity contribution in [3.63, 3.8) is 0 Å². The molecule has 0 saturated carbocycles. The summed E-state index contributed by atoms with van der Waals surface area (Å²) >= 11 is 0. The second kappa shape index (κ2) is 7.86. The summed E-state index contributed by atoms with van der Waals surface area (Å²) in [5, 5.41) is -0.0383. The van der Waals surface area contributed by atoms with E-state index in [0.717, 1.165) is 6.20 Å². The van der Waals surface area contributed by atoms with Crippen LogP contribution in [-0.2, 0) is 4.79 Å². The van der Waals surface area contributed by atoms with Crippen molar-refractivity contribution in [2.45, 2.75) is 0 Å². The van der Waals surface area contributed by atoms with Crippen LogP contribution in [0.5, 0.6) is 0 Å². The normalized spacial score (nSPS) is 14.0. The lowest BCUT2D eigenvalue weighted by molar-refractivity contribution is -0.127. The number of rotatable bonds is 4. The summed E-state index contributed by atoms with van der Waals surface area (Å²) in [6, 6.07) is 8.87. The van der Waals surface area contributed by atoms with Crippen LogP contribution in [0.4, 0.5) is 10.2 Å². The van der Waals surface area contributed by atoms with Crippen LogP contribution in [0.15, 0.2) is 47.7 Å². The Labute approximate surface area is 171 Å². The van der Waals surface area contributed by atoms with Crippen LogP contribution < -0.4 is 0 Å². The van der Waals surface area contributed by atoms with Crippen LogP contribution in [0.1, 0.15) is 20.7 Å². The maximum Gasteiger partial charge on any atom is 0.295 e. The van der Waals surface area contributed by atoms with Gasteiger partial charge in [-0.2, -0.15) is 0 Å². The second-order valence-corrected chi connectivity index (χ2v) is 6.82. The van der Waals surface area contributed by atoms with Gasteiger partial charge in [-0.3, -0.25) is 14.4 Å². The number of carbonyl (C=O) groups is 3. The Morgan fingerprint density at radius 3 is 2.40 bits per heavy atom. The van der Waals surface area contributed by atoms with Gasteiger partial charge in [0.25, 0.3) is 17.6 Å². The van der Waals surface area contributed by atoms with Crippen LogP contribution in [0.3, 0.4) is 0 Å². The van der Waals surface area contributed by atoms with E-state index in [0.29, 0.717) is 18.7 Å². The molecule has 9 heteroatoms. The molecule has 1 aliphatic rings. The van der Waals surface area contributed by atoms with Gasteiger partial charge in [0.1, 0.15) is 0 Å². The molecular formula is C21H18FN5O3. The molecule has 0 bridgehead atoms. The monoisotopic (exact) mass is 407 g/mol. The Kier molecular flexibility index (Phi) is 5.09. The van der Waals surface area contributed by atoms with Crippen molar-refractivity contribution in [2.24, 2.45) is 4.99 Å². The number of amides is 2. The van der Waals surface area contributed by atoms with E-state index in [1.165, 1.54) is 11.1 Å². The summed E-state index contributed by atoms with van der Waals surface area (Å²) in [5.74, 6) is -2.28. The molecule has 4 rings (SSSR count). The zero-order valence-corrected chi connectivity index (χ0v) is 16.0. The minimum absolute atomic E-state index is 0.0383. The summed E-state index contributed by atoms with van der Waals surface area (Å²) in [6.45, 7) is 4.42. The lowest BCUT2D eigenvalue weighted by Gasteiger charge is -2.34. The van der Waals surface area contributed by atoms with Gasteiger partial charge in [0, 0.05) is 37.9 Å². The smallest absolute Gasteiger partial charge is 0.295 e. The molecule has 0 spiro atoms. The largest absolute Gasteiger partial charge is 0.357 e. The van der Waals surface area contributed by atoms with Crippen LogP contribution >= 0.6 is 0 Å². The van der Waals surface area contributed by atoms with E-state index < -0.39 is 17.5 Å². The standard InChI is InChI=1S/C21H18FN5O3/c1-23-19-17-16(15(22)12-25-19)14(11-24-17)18(28)21(30)27-9-7-26(8-10-27)20(29)13-5-3-2-4-6-13/h2-6,11-12,24H,1,7-10H2. The molecule has 2 amide bonds. The zero-order valence-electron chi connectivity index (χ0n) is 16.0. The van der Waals surface area contributed by atoms with E-state index in [9.17, 15) is 18.8 Å². The first-order valence-electron chi connectivity index (χ1n) is 9.31. The first kappa shape index (κ1) is 19.4. The van der Waals surface area contributed by atoms with Gasteiger partial charge in [-0.15, -0.1) is 0 Å². The number of hydrogen-bond donors (Lipinski definition) is 1. The van der Waals surface area contributed by atoms with Gasteiger partial charge in [-0.05, 0) is 18.9 Å². The van der Waals surface area contributed by atoms with E-state index in [1.807, 2.05) is 6.07 Å². The zero-order chi connectivity index (χ0) is 21.3. The Bertz CT molecular complexity index is 1150. The van der Waals surface area contributed by atoms with Gasteiger partial charge in [-0.1, -0.05) is 18.2 Å². The van der Waals surface area contributed by atoms with Crippen LogP contribution in [0.2, 0.25) is 0 Å². The number of Topliss-reactive ketones (excluding diaryl/α,β-unsaturated/α-hetero) is 1. The SMILES string of the molecule is C=Nc1ncc(F)c2c(C(=O)C(=O)N3CCN(C(=O)c4ccccc4)CC3)c[nH]c12.